The summed E-state index contributed by atoms with van der Waals surface area (Å²) in [5.74, 6) is -0.0605. The zero-order chi connectivity index (χ0) is 22.0. The molecule has 2 aromatic heterocycles. The lowest BCUT2D eigenvalue weighted by molar-refractivity contribution is 0.0883. The van der Waals surface area contributed by atoms with Gasteiger partial charge in [0.05, 0.1) is 6.61 Å². The highest BCUT2D eigenvalue weighted by atomic mass is 19.1. The summed E-state index contributed by atoms with van der Waals surface area (Å²) in [6, 6.07) is 21.1. The summed E-state index contributed by atoms with van der Waals surface area (Å²) in [5.41, 5.74) is 3.07. The van der Waals surface area contributed by atoms with E-state index in [2.05, 4.69) is 15.3 Å². The second-order valence-electron chi connectivity index (χ2n) is 7.63. The van der Waals surface area contributed by atoms with Crippen molar-refractivity contribution in [3.8, 4) is 16.9 Å². The number of aromatic nitrogens is 2. The molecule has 1 amide bonds. The molecule has 3 heterocycles. The highest BCUT2D eigenvalue weighted by Gasteiger charge is 2.42. The van der Waals surface area contributed by atoms with Gasteiger partial charge in [0, 0.05) is 30.6 Å². The lowest BCUT2D eigenvalue weighted by atomic mass is 9.80. The molecule has 1 N–H and O–H groups in total. The van der Waals surface area contributed by atoms with Gasteiger partial charge >= 0.3 is 0 Å². The van der Waals surface area contributed by atoms with Crippen LogP contribution in [0.15, 0.2) is 91.4 Å². The van der Waals surface area contributed by atoms with Crippen molar-refractivity contribution in [1.82, 2.24) is 15.3 Å². The van der Waals surface area contributed by atoms with Gasteiger partial charge in [0.2, 0.25) is 0 Å². The lowest BCUT2D eigenvalue weighted by Gasteiger charge is -2.39. The fraction of sp³-hybridized carbons (Fsp3) is 0.115. The minimum Gasteiger partial charge on any atom is -0.491 e. The molecule has 5 rings (SSSR count). The molecule has 0 aliphatic carbocycles. The summed E-state index contributed by atoms with van der Waals surface area (Å²) in [5, 5.41) is 3.18. The van der Waals surface area contributed by atoms with Gasteiger partial charge in [-0.2, -0.15) is 0 Å². The number of nitrogens with one attached hydrogen (secondary N) is 1. The molecule has 32 heavy (non-hydrogen) atoms. The third-order valence-electron chi connectivity index (χ3n) is 5.72. The highest BCUT2D eigenvalue weighted by molar-refractivity contribution is 5.95. The van der Waals surface area contributed by atoms with E-state index in [1.807, 2.05) is 54.7 Å². The van der Waals surface area contributed by atoms with Gasteiger partial charge in [-0.05, 0) is 59.2 Å². The van der Waals surface area contributed by atoms with E-state index in [0.717, 1.165) is 16.7 Å². The SMILES string of the molecule is O=C(N[C@]1(c2ccc(-c3cccnc3)cc2)CCOc2cccnc21)c1ccc(F)cc1. The lowest BCUT2D eigenvalue weighted by Crippen LogP contribution is -2.50. The first-order chi connectivity index (χ1) is 15.7. The first kappa shape index (κ1) is 19.9. The quantitative estimate of drug-likeness (QED) is 0.513. The molecule has 0 radical (unpaired) electrons. The maximum Gasteiger partial charge on any atom is 0.252 e. The van der Waals surface area contributed by atoms with Crippen molar-refractivity contribution in [2.45, 2.75) is 12.0 Å². The number of rotatable bonds is 4. The van der Waals surface area contributed by atoms with Gasteiger partial charge in [0.15, 0.2) is 0 Å². The molecule has 0 spiro atoms. The number of benzene rings is 2. The number of nitrogens with zero attached hydrogens (tertiary/aromatic N) is 2. The first-order valence-corrected chi connectivity index (χ1v) is 10.3. The number of hydrogen-bond donors (Lipinski definition) is 1. The minimum atomic E-state index is -0.881. The Morgan fingerprint density at radius 2 is 1.72 bits per heavy atom. The van der Waals surface area contributed by atoms with Gasteiger partial charge in [0.25, 0.3) is 5.91 Å². The van der Waals surface area contributed by atoms with E-state index in [1.54, 1.807) is 12.4 Å². The number of carbonyl (C=O) groups excluding carboxylic acids is 1. The predicted octanol–water partition coefficient (Wildman–Crippen LogP) is 4.74. The molecule has 0 bridgehead atoms. The van der Waals surface area contributed by atoms with Crippen LogP contribution in [0.3, 0.4) is 0 Å². The normalized spacial score (nSPS) is 17.2. The molecule has 158 valence electrons. The van der Waals surface area contributed by atoms with Gasteiger partial charge in [-0.3, -0.25) is 14.8 Å². The van der Waals surface area contributed by atoms with E-state index < -0.39 is 5.54 Å². The fourth-order valence-electron chi connectivity index (χ4n) is 4.08. The zero-order valence-corrected chi connectivity index (χ0v) is 17.2. The van der Waals surface area contributed by atoms with Crippen molar-refractivity contribution >= 4 is 5.91 Å². The Balaban J connectivity index is 1.58. The van der Waals surface area contributed by atoms with E-state index >= 15 is 0 Å². The fourth-order valence-corrected chi connectivity index (χ4v) is 4.08. The first-order valence-electron chi connectivity index (χ1n) is 10.3. The van der Waals surface area contributed by atoms with E-state index in [4.69, 9.17) is 4.74 Å². The van der Waals surface area contributed by atoms with Gasteiger partial charge in [-0.25, -0.2) is 4.39 Å². The monoisotopic (exact) mass is 425 g/mol. The number of pyridine rings is 2. The van der Waals surface area contributed by atoms with Gasteiger partial charge in [0.1, 0.15) is 22.8 Å². The molecular formula is C26H20FN3O2. The van der Waals surface area contributed by atoms with Gasteiger partial charge < -0.3 is 10.1 Å². The number of fused-ring (bicyclic) bond motifs is 1. The molecule has 0 saturated heterocycles. The van der Waals surface area contributed by atoms with Crippen molar-refractivity contribution in [2.24, 2.45) is 0 Å². The molecule has 0 unspecified atom stereocenters. The van der Waals surface area contributed by atoms with Crippen LogP contribution in [0.1, 0.15) is 28.0 Å². The number of halogens is 1. The molecule has 1 aliphatic rings. The van der Waals surface area contributed by atoms with E-state index in [0.29, 0.717) is 30.0 Å². The minimum absolute atomic E-state index is 0.306. The topological polar surface area (TPSA) is 64.1 Å². The molecule has 0 fully saturated rings. The Morgan fingerprint density at radius 1 is 0.938 bits per heavy atom. The van der Waals surface area contributed by atoms with E-state index in [1.165, 1.54) is 24.3 Å². The molecule has 4 aromatic rings. The zero-order valence-electron chi connectivity index (χ0n) is 17.2. The number of hydrogen-bond acceptors (Lipinski definition) is 4. The van der Waals surface area contributed by atoms with Gasteiger partial charge in [-0.1, -0.05) is 30.3 Å². The number of ether oxygens (including phenoxy) is 1. The summed E-state index contributed by atoms with van der Waals surface area (Å²) in [7, 11) is 0. The van der Waals surface area contributed by atoms with Crippen LogP contribution in [-0.4, -0.2) is 22.5 Å². The van der Waals surface area contributed by atoms with Crippen LogP contribution in [0.4, 0.5) is 4.39 Å². The van der Waals surface area contributed by atoms with E-state index in [9.17, 15) is 9.18 Å². The molecule has 2 aromatic carbocycles. The number of amides is 1. The van der Waals surface area contributed by atoms with Crippen molar-refractivity contribution in [1.29, 1.82) is 0 Å². The largest absolute Gasteiger partial charge is 0.491 e. The van der Waals surface area contributed by atoms with Crippen molar-refractivity contribution in [3.05, 3.63) is 114 Å². The second kappa shape index (κ2) is 8.23. The van der Waals surface area contributed by atoms with Crippen LogP contribution in [0, 0.1) is 5.82 Å². The Hall–Kier alpha value is -4.06. The Bertz CT molecular complexity index is 1240. The van der Waals surface area contributed by atoms with Crippen LogP contribution in [0.2, 0.25) is 0 Å². The van der Waals surface area contributed by atoms with Gasteiger partial charge in [-0.15, -0.1) is 0 Å². The molecule has 0 saturated carbocycles. The standard InChI is InChI=1S/C26H20FN3O2/c27-22-11-7-19(8-12-22)25(31)30-26(13-16-32-23-4-2-15-29-24(23)26)21-9-5-18(6-10-21)20-3-1-14-28-17-20/h1-12,14-15,17H,13,16H2,(H,30,31)/t26-/m0/s1. The van der Waals surface area contributed by atoms with Crippen molar-refractivity contribution in [3.63, 3.8) is 0 Å². The summed E-state index contributed by atoms with van der Waals surface area (Å²) in [6.45, 7) is 0.423. The van der Waals surface area contributed by atoms with Crippen LogP contribution >= 0.6 is 0 Å². The highest BCUT2D eigenvalue weighted by Crippen LogP contribution is 2.41. The summed E-state index contributed by atoms with van der Waals surface area (Å²) < 4.78 is 19.2. The summed E-state index contributed by atoms with van der Waals surface area (Å²) >= 11 is 0. The molecule has 6 heteroatoms. The van der Waals surface area contributed by atoms with Crippen molar-refractivity contribution in [2.75, 3.05) is 6.61 Å². The average molecular weight is 425 g/mol. The molecule has 5 nitrogen and oxygen atoms in total. The van der Waals surface area contributed by atoms with Crippen LogP contribution in [0.25, 0.3) is 11.1 Å². The predicted molar refractivity (Wildman–Crippen MR) is 119 cm³/mol. The molecule has 1 atom stereocenters. The third kappa shape index (κ3) is 3.60. The smallest absolute Gasteiger partial charge is 0.252 e. The van der Waals surface area contributed by atoms with E-state index in [-0.39, 0.29) is 11.7 Å². The summed E-state index contributed by atoms with van der Waals surface area (Å²) in [6.07, 6.45) is 5.75. The Kier molecular flexibility index (Phi) is 5.11. The Labute approximate surface area is 184 Å². The maximum absolute atomic E-state index is 13.4. The average Bonchev–Trinajstić information content (AvgIpc) is 2.85. The van der Waals surface area contributed by atoms with Crippen LogP contribution in [-0.2, 0) is 5.54 Å². The molecule has 1 aliphatic heterocycles. The molecular weight excluding hydrogens is 405 g/mol. The number of carbonyl (C=O) groups is 1. The summed E-state index contributed by atoms with van der Waals surface area (Å²) in [4.78, 5) is 22.0. The van der Waals surface area contributed by atoms with Crippen LogP contribution in [0.5, 0.6) is 5.75 Å². The van der Waals surface area contributed by atoms with Crippen LogP contribution < -0.4 is 10.1 Å². The Morgan fingerprint density at radius 3 is 2.47 bits per heavy atom. The van der Waals surface area contributed by atoms with Crippen molar-refractivity contribution < 1.29 is 13.9 Å². The second-order valence-corrected chi connectivity index (χ2v) is 7.63. The third-order valence-corrected chi connectivity index (χ3v) is 5.72. The maximum atomic E-state index is 13.4.